The standard InChI is InChI=1S/C22H25N5O5S2/c1-15-9-21(23-10-19(15)25-17-7-8-26(12-17)22(28)29)34(30,31)27(20-13-33-14-24-20)11-16-3-5-18(32-2)6-4-16/h3-6,9-10,13-14,17,25H,7-8,11-12H2,1-2H3,(H,28,29). The SMILES string of the molecule is COc1ccc(CN(c2cscn2)S(=O)(=O)c2cc(C)c(NC3CCN(C(=O)O)C3)cn2)cc1. The lowest BCUT2D eigenvalue weighted by molar-refractivity contribution is 0.155. The first-order valence-electron chi connectivity index (χ1n) is 10.5. The second kappa shape index (κ2) is 9.85. The number of pyridine rings is 1. The first-order valence-corrected chi connectivity index (χ1v) is 12.9. The number of hydrogen-bond acceptors (Lipinski definition) is 8. The summed E-state index contributed by atoms with van der Waals surface area (Å²) in [5.74, 6) is 1.00. The van der Waals surface area contributed by atoms with Crippen LogP contribution in [-0.2, 0) is 16.6 Å². The number of anilines is 2. The lowest BCUT2D eigenvalue weighted by Crippen LogP contribution is -2.32. The van der Waals surface area contributed by atoms with E-state index in [-0.39, 0.29) is 17.6 Å². The molecule has 0 aliphatic carbocycles. The maximum absolute atomic E-state index is 13.6. The predicted molar refractivity (Wildman–Crippen MR) is 129 cm³/mol. The van der Waals surface area contributed by atoms with E-state index >= 15 is 0 Å². The zero-order valence-electron chi connectivity index (χ0n) is 18.7. The van der Waals surface area contributed by atoms with Gasteiger partial charge >= 0.3 is 6.09 Å². The Morgan fingerprint density at radius 3 is 2.68 bits per heavy atom. The van der Waals surface area contributed by atoms with Gasteiger partial charge in [-0.05, 0) is 42.7 Å². The summed E-state index contributed by atoms with van der Waals surface area (Å²) in [7, 11) is -2.43. The molecule has 1 unspecified atom stereocenters. The number of carboxylic acid groups (broad SMARTS) is 1. The molecule has 4 rings (SSSR count). The number of aromatic nitrogens is 2. The van der Waals surface area contributed by atoms with Crippen LogP contribution in [0.15, 0.2) is 52.4 Å². The summed E-state index contributed by atoms with van der Waals surface area (Å²) in [5, 5.41) is 14.0. The smallest absolute Gasteiger partial charge is 0.407 e. The van der Waals surface area contributed by atoms with Crippen LogP contribution in [0.1, 0.15) is 17.5 Å². The molecular formula is C22H25N5O5S2. The van der Waals surface area contributed by atoms with Crippen molar-refractivity contribution < 1.29 is 23.1 Å². The van der Waals surface area contributed by atoms with Crippen LogP contribution in [0.5, 0.6) is 5.75 Å². The van der Waals surface area contributed by atoms with Gasteiger partial charge in [-0.1, -0.05) is 12.1 Å². The van der Waals surface area contributed by atoms with E-state index in [9.17, 15) is 13.2 Å². The van der Waals surface area contributed by atoms with E-state index in [4.69, 9.17) is 9.84 Å². The molecule has 1 saturated heterocycles. The van der Waals surface area contributed by atoms with Crippen molar-refractivity contribution in [2.75, 3.05) is 29.8 Å². The van der Waals surface area contributed by atoms with Crippen molar-refractivity contribution in [1.82, 2.24) is 14.9 Å². The van der Waals surface area contributed by atoms with E-state index < -0.39 is 16.1 Å². The summed E-state index contributed by atoms with van der Waals surface area (Å²) >= 11 is 1.31. The zero-order valence-corrected chi connectivity index (χ0v) is 20.3. The highest BCUT2D eigenvalue weighted by atomic mass is 32.2. The Labute approximate surface area is 201 Å². The monoisotopic (exact) mass is 503 g/mol. The number of aryl methyl sites for hydroxylation is 1. The Balaban J connectivity index is 1.57. The number of sulfonamides is 1. The first kappa shape index (κ1) is 23.8. The molecule has 2 N–H and O–H groups in total. The third kappa shape index (κ3) is 5.07. The fraction of sp³-hybridized carbons (Fsp3) is 0.318. The normalized spacial score (nSPS) is 15.8. The van der Waals surface area contributed by atoms with Gasteiger partial charge in [-0.15, -0.1) is 11.3 Å². The summed E-state index contributed by atoms with van der Waals surface area (Å²) in [5.41, 5.74) is 3.73. The van der Waals surface area contributed by atoms with Crippen LogP contribution in [0.2, 0.25) is 0 Å². The molecule has 3 aromatic rings. The molecule has 0 bridgehead atoms. The maximum Gasteiger partial charge on any atom is 0.407 e. The van der Waals surface area contributed by atoms with Gasteiger partial charge in [0, 0.05) is 24.5 Å². The summed E-state index contributed by atoms with van der Waals surface area (Å²) < 4.78 is 33.6. The quantitative estimate of drug-likeness (QED) is 0.479. The summed E-state index contributed by atoms with van der Waals surface area (Å²) in [6, 6.07) is 8.63. The Morgan fingerprint density at radius 1 is 1.32 bits per heavy atom. The highest BCUT2D eigenvalue weighted by Crippen LogP contribution is 2.28. The molecule has 1 atom stereocenters. The number of ether oxygens (including phenoxy) is 1. The summed E-state index contributed by atoms with van der Waals surface area (Å²) in [4.78, 5) is 21.0. The third-order valence-corrected chi connectivity index (χ3v) is 7.84. The Kier molecular flexibility index (Phi) is 6.89. The minimum absolute atomic E-state index is 0.0550. The lowest BCUT2D eigenvalue weighted by atomic mass is 10.2. The number of nitrogens with one attached hydrogen (secondary N) is 1. The van der Waals surface area contributed by atoms with Gasteiger partial charge in [-0.2, -0.15) is 8.42 Å². The first-order chi connectivity index (χ1) is 16.3. The number of carbonyl (C=O) groups is 1. The lowest BCUT2D eigenvalue weighted by Gasteiger charge is -2.23. The Hall–Kier alpha value is -3.38. The van der Waals surface area contributed by atoms with Crippen molar-refractivity contribution in [3.8, 4) is 5.75 Å². The molecule has 0 radical (unpaired) electrons. The second-order valence-electron chi connectivity index (χ2n) is 7.90. The fourth-order valence-corrected chi connectivity index (χ4v) is 5.73. The number of rotatable bonds is 8. The minimum atomic E-state index is -4.00. The molecule has 3 heterocycles. The minimum Gasteiger partial charge on any atom is -0.497 e. The fourth-order valence-electron chi connectivity index (χ4n) is 3.72. The van der Waals surface area contributed by atoms with Gasteiger partial charge in [0.1, 0.15) is 5.75 Å². The van der Waals surface area contributed by atoms with Gasteiger partial charge in [0.05, 0.1) is 31.0 Å². The molecule has 0 spiro atoms. The number of nitrogens with zero attached hydrogens (tertiary/aromatic N) is 4. The highest BCUT2D eigenvalue weighted by molar-refractivity contribution is 7.92. The van der Waals surface area contributed by atoms with Gasteiger partial charge < -0.3 is 20.1 Å². The average Bonchev–Trinajstić information content (AvgIpc) is 3.51. The second-order valence-corrected chi connectivity index (χ2v) is 10.4. The molecule has 1 aliphatic heterocycles. The predicted octanol–water partition coefficient (Wildman–Crippen LogP) is 3.41. The van der Waals surface area contributed by atoms with E-state index in [2.05, 4.69) is 15.3 Å². The molecule has 10 nitrogen and oxygen atoms in total. The number of hydrogen-bond donors (Lipinski definition) is 2. The van der Waals surface area contributed by atoms with Crippen molar-refractivity contribution in [3.63, 3.8) is 0 Å². The largest absolute Gasteiger partial charge is 0.497 e. The molecule has 1 aromatic carbocycles. The Bertz CT molecular complexity index is 1250. The van der Waals surface area contributed by atoms with Gasteiger partial charge in [0.2, 0.25) is 0 Å². The molecule has 180 valence electrons. The molecule has 34 heavy (non-hydrogen) atoms. The van der Waals surface area contributed by atoms with Gasteiger partial charge in [-0.3, -0.25) is 0 Å². The van der Waals surface area contributed by atoms with Gasteiger partial charge in [0.15, 0.2) is 10.8 Å². The van der Waals surface area contributed by atoms with E-state index in [0.717, 1.165) is 5.56 Å². The number of thiazole rings is 1. The third-order valence-electron chi connectivity index (χ3n) is 5.62. The zero-order chi connectivity index (χ0) is 24.3. The molecule has 0 saturated carbocycles. The van der Waals surface area contributed by atoms with Gasteiger partial charge in [-0.25, -0.2) is 19.1 Å². The van der Waals surface area contributed by atoms with Crippen molar-refractivity contribution in [2.45, 2.75) is 31.0 Å². The van der Waals surface area contributed by atoms with Gasteiger partial charge in [0.25, 0.3) is 10.0 Å². The van der Waals surface area contributed by atoms with Crippen LogP contribution in [0.4, 0.5) is 16.3 Å². The van der Waals surface area contributed by atoms with Crippen LogP contribution < -0.4 is 14.4 Å². The van der Waals surface area contributed by atoms with E-state index in [1.165, 1.54) is 32.8 Å². The summed E-state index contributed by atoms with van der Waals surface area (Å²) in [6.07, 6.45) is 1.21. The van der Waals surface area contributed by atoms with Crippen molar-refractivity contribution in [1.29, 1.82) is 0 Å². The maximum atomic E-state index is 13.6. The number of benzene rings is 1. The molecular weight excluding hydrogens is 478 g/mol. The number of likely N-dealkylation sites (tertiary alicyclic amines) is 1. The topological polar surface area (TPSA) is 125 Å². The highest BCUT2D eigenvalue weighted by Gasteiger charge is 2.30. The molecule has 1 fully saturated rings. The van der Waals surface area contributed by atoms with Crippen molar-refractivity contribution in [3.05, 3.63) is 58.5 Å². The van der Waals surface area contributed by atoms with Crippen LogP contribution in [0, 0.1) is 6.92 Å². The van der Waals surface area contributed by atoms with Crippen molar-refractivity contribution in [2.24, 2.45) is 0 Å². The van der Waals surface area contributed by atoms with Crippen LogP contribution in [0.25, 0.3) is 0 Å². The van der Waals surface area contributed by atoms with Crippen LogP contribution >= 0.6 is 11.3 Å². The number of methoxy groups -OCH3 is 1. The summed E-state index contributed by atoms with van der Waals surface area (Å²) in [6.45, 7) is 2.71. The number of amides is 1. The van der Waals surface area contributed by atoms with E-state index in [0.29, 0.717) is 42.3 Å². The molecule has 2 aromatic heterocycles. The average molecular weight is 504 g/mol. The van der Waals surface area contributed by atoms with E-state index in [1.54, 1.807) is 49.2 Å². The van der Waals surface area contributed by atoms with Crippen LogP contribution in [-0.4, -0.2) is 60.7 Å². The van der Waals surface area contributed by atoms with Crippen LogP contribution in [0.3, 0.4) is 0 Å². The molecule has 1 amide bonds. The van der Waals surface area contributed by atoms with Crippen molar-refractivity contribution >= 4 is 39.0 Å². The molecule has 12 heteroatoms. The Morgan fingerprint density at radius 2 is 2.09 bits per heavy atom. The van der Waals surface area contributed by atoms with E-state index in [1.807, 2.05) is 0 Å². The molecule has 1 aliphatic rings.